The second-order valence-electron chi connectivity index (χ2n) is 19.9. The van der Waals surface area contributed by atoms with Crippen LogP contribution in [0.3, 0.4) is 0 Å². The minimum Gasteiger partial charge on any atom is -0.507 e. The van der Waals surface area contributed by atoms with Crippen LogP contribution >= 0.6 is 7.60 Å². The summed E-state index contributed by atoms with van der Waals surface area (Å²) in [6, 6.07) is 11.1. The molecular formula is C52H64N3O18P. The van der Waals surface area contributed by atoms with Crippen LogP contribution in [-0.4, -0.2) is 139 Å². The highest BCUT2D eigenvalue weighted by Crippen LogP contribution is 2.48. The SMILES string of the molecule is COc1cccc2c1C(=O)c1cc3c(c(O)c1C2=O)CC(O)(C(=O)CO)CC3OC1CC(NC(=O)C(CC(=O)C(C)NC(=O)C(CC(=O)C(C)NC(=O)CP(=O)(O)O)CC(C)C)Cc2ccccc2)C(O)C(C)O1. The average molecular weight is 1050 g/mol. The fourth-order valence-corrected chi connectivity index (χ4v) is 10.3. The Morgan fingerprint density at radius 1 is 0.865 bits per heavy atom. The maximum Gasteiger partial charge on any atom is 0.334 e. The van der Waals surface area contributed by atoms with E-state index in [0.717, 1.165) is 0 Å². The van der Waals surface area contributed by atoms with Gasteiger partial charge in [0.1, 0.15) is 36.0 Å². The molecule has 3 aromatic carbocycles. The molecule has 1 heterocycles. The molecule has 3 amide bonds. The van der Waals surface area contributed by atoms with Gasteiger partial charge in [-0.3, -0.25) is 42.9 Å². The number of phenolic OH excluding ortho intramolecular Hbond substituents is 1. The molecule has 2 aliphatic carbocycles. The Balaban J connectivity index is 1.20. The van der Waals surface area contributed by atoms with Gasteiger partial charge in [-0.2, -0.15) is 0 Å². The number of methoxy groups -OCH3 is 1. The number of ketones is 5. The van der Waals surface area contributed by atoms with Gasteiger partial charge in [-0.15, -0.1) is 0 Å². The van der Waals surface area contributed by atoms with Crippen molar-refractivity contribution in [1.29, 1.82) is 0 Å². The van der Waals surface area contributed by atoms with Gasteiger partial charge >= 0.3 is 7.60 Å². The number of rotatable bonds is 22. The van der Waals surface area contributed by atoms with Crippen LogP contribution in [0.5, 0.6) is 11.5 Å². The van der Waals surface area contributed by atoms with Gasteiger partial charge in [0.05, 0.1) is 48.6 Å². The molecule has 3 aliphatic rings. The molecule has 1 fully saturated rings. The van der Waals surface area contributed by atoms with Gasteiger partial charge in [-0.1, -0.05) is 56.3 Å². The molecule has 0 aromatic heterocycles. The summed E-state index contributed by atoms with van der Waals surface area (Å²) >= 11 is 0. The number of benzene rings is 3. The summed E-state index contributed by atoms with van der Waals surface area (Å²) in [6.07, 6.45) is -7.91. The molecule has 10 atom stereocenters. The molecule has 0 bridgehead atoms. The van der Waals surface area contributed by atoms with E-state index in [0.29, 0.717) is 5.56 Å². The van der Waals surface area contributed by atoms with E-state index in [2.05, 4.69) is 16.0 Å². The molecule has 0 spiro atoms. The number of carbonyl (C=O) groups is 8. The van der Waals surface area contributed by atoms with E-state index in [-0.39, 0.29) is 70.7 Å². The molecule has 3 aromatic rings. The number of nitrogens with one attached hydrogen (secondary N) is 3. The van der Waals surface area contributed by atoms with Gasteiger partial charge in [0.2, 0.25) is 17.7 Å². The van der Waals surface area contributed by atoms with Gasteiger partial charge in [-0.05, 0) is 62.8 Å². The van der Waals surface area contributed by atoms with Crippen LogP contribution in [0.25, 0.3) is 0 Å². The van der Waals surface area contributed by atoms with Crippen molar-refractivity contribution in [3.8, 4) is 11.5 Å². The van der Waals surface area contributed by atoms with E-state index >= 15 is 0 Å². The number of amides is 3. The van der Waals surface area contributed by atoms with Crippen LogP contribution in [0, 0.1) is 17.8 Å². The number of ether oxygens (including phenoxy) is 3. The molecule has 6 rings (SSSR count). The van der Waals surface area contributed by atoms with Crippen LogP contribution in [0.15, 0.2) is 54.6 Å². The van der Waals surface area contributed by atoms with E-state index < -0.39 is 152 Å². The van der Waals surface area contributed by atoms with Crippen LogP contribution in [0.1, 0.15) is 121 Å². The van der Waals surface area contributed by atoms with Crippen molar-refractivity contribution >= 4 is 54.2 Å². The number of hydrogen-bond donors (Lipinski definition) is 9. The summed E-state index contributed by atoms with van der Waals surface area (Å²) in [5.41, 5.74) is -2.22. The van der Waals surface area contributed by atoms with Crippen molar-refractivity contribution in [1.82, 2.24) is 16.0 Å². The lowest BCUT2D eigenvalue weighted by molar-refractivity contribution is -0.249. The lowest BCUT2D eigenvalue weighted by Gasteiger charge is -2.43. The topological polar surface area (TPSA) is 339 Å². The first kappa shape index (κ1) is 57.3. The van der Waals surface area contributed by atoms with Crippen molar-refractivity contribution in [3.05, 3.63) is 93.5 Å². The minimum absolute atomic E-state index is 0.0312. The highest BCUT2D eigenvalue weighted by Gasteiger charge is 2.49. The van der Waals surface area contributed by atoms with Crippen LogP contribution in [0.2, 0.25) is 0 Å². The number of phenols is 1. The summed E-state index contributed by atoms with van der Waals surface area (Å²) in [4.78, 5) is 127. The van der Waals surface area contributed by atoms with E-state index in [4.69, 9.17) is 24.0 Å². The Morgan fingerprint density at radius 2 is 1.50 bits per heavy atom. The summed E-state index contributed by atoms with van der Waals surface area (Å²) < 4.78 is 29.1. The molecule has 0 radical (unpaired) electrons. The second-order valence-corrected chi connectivity index (χ2v) is 21.5. The van der Waals surface area contributed by atoms with Crippen LogP contribution < -0.4 is 20.7 Å². The number of aliphatic hydroxyl groups excluding tert-OH is 2. The molecule has 21 nitrogen and oxygen atoms in total. The summed E-state index contributed by atoms with van der Waals surface area (Å²) in [5.74, 6) is -8.50. The Kier molecular flexibility index (Phi) is 18.3. The lowest BCUT2D eigenvalue weighted by Crippen LogP contribution is -2.57. The quantitative estimate of drug-likeness (QED) is 0.0509. The van der Waals surface area contributed by atoms with Crippen molar-refractivity contribution < 1.29 is 87.3 Å². The van der Waals surface area contributed by atoms with Gasteiger partial charge in [-0.25, -0.2) is 0 Å². The fourth-order valence-electron chi connectivity index (χ4n) is 9.85. The molecule has 1 aliphatic heterocycles. The summed E-state index contributed by atoms with van der Waals surface area (Å²) in [7, 11) is -3.37. The first-order chi connectivity index (χ1) is 34.7. The van der Waals surface area contributed by atoms with E-state index in [1.807, 2.05) is 13.8 Å². The number of fused-ring (bicyclic) bond motifs is 3. The predicted molar refractivity (Wildman–Crippen MR) is 262 cm³/mol. The van der Waals surface area contributed by atoms with Crippen molar-refractivity contribution in [2.75, 3.05) is 19.9 Å². The normalized spacial score (nSPS) is 23.0. The monoisotopic (exact) mass is 1050 g/mol. The van der Waals surface area contributed by atoms with Crippen molar-refractivity contribution in [3.63, 3.8) is 0 Å². The van der Waals surface area contributed by atoms with Crippen molar-refractivity contribution in [2.45, 2.75) is 128 Å². The number of hydrogen-bond acceptors (Lipinski definition) is 16. The maximum atomic E-state index is 14.4. The number of aliphatic hydroxyl groups is 3. The molecule has 22 heteroatoms. The zero-order valence-corrected chi connectivity index (χ0v) is 42.8. The third-order valence-electron chi connectivity index (χ3n) is 13.8. The largest absolute Gasteiger partial charge is 0.507 e. The highest BCUT2D eigenvalue weighted by molar-refractivity contribution is 7.52. The Morgan fingerprint density at radius 3 is 2.12 bits per heavy atom. The lowest BCUT2D eigenvalue weighted by atomic mass is 9.72. The fraction of sp³-hybridized carbons (Fsp3) is 0.500. The molecule has 400 valence electrons. The Bertz CT molecular complexity index is 2720. The Labute approximate surface area is 426 Å². The number of Topliss-reactive ketones (excluding diaryl/α,β-unsaturated/α-hetero) is 3. The summed E-state index contributed by atoms with van der Waals surface area (Å²) in [5, 5.41) is 52.6. The van der Waals surface area contributed by atoms with Gasteiger partial charge < -0.3 is 60.4 Å². The number of aromatic hydroxyl groups is 1. The van der Waals surface area contributed by atoms with Gasteiger partial charge in [0, 0.05) is 60.6 Å². The second kappa shape index (κ2) is 23.7. The molecule has 9 N–H and O–H groups in total. The van der Waals surface area contributed by atoms with E-state index in [1.54, 1.807) is 30.3 Å². The van der Waals surface area contributed by atoms with Crippen LogP contribution in [0.4, 0.5) is 0 Å². The Hall–Kier alpha value is -6.03. The molecule has 1 saturated heterocycles. The maximum absolute atomic E-state index is 14.4. The van der Waals surface area contributed by atoms with Crippen LogP contribution in [-0.2, 0) is 55.6 Å². The number of carbonyl (C=O) groups excluding carboxylic acids is 8. The zero-order chi connectivity index (χ0) is 54.6. The molecule has 0 saturated carbocycles. The smallest absolute Gasteiger partial charge is 0.334 e. The molecular weight excluding hydrogens is 986 g/mol. The standard InChI is InChI=1S/C52H64N3O18P/c1-25(2)15-30(17-37(57)26(3)53-42(60)24-74(68,69)70)50(65)54-27(4)38(58)18-31(16-29-11-8-7-9-12-29)51(66)55-36-20-43(72-28(5)46(36)61)73-40-22-52(67,41(59)23-56)21-35-33(40)19-34-45(49(35)64)47(62)32-13-10-14-39(71-6)44(32)48(34)63/h7-14,19,25-28,30-31,36,40,43,46,56,61,64,67H,15-18,20-24H2,1-6H3,(H,53,60)(H,54,65)(H,55,66)(H2,68,69,70). The molecule has 74 heavy (non-hydrogen) atoms. The van der Waals surface area contributed by atoms with Gasteiger partial charge in [0.15, 0.2) is 35.2 Å². The third-order valence-corrected chi connectivity index (χ3v) is 14.4. The highest BCUT2D eigenvalue weighted by atomic mass is 31.2. The first-order valence-electron chi connectivity index (χ1n) is 24.3. The summed E-state index contributed by atoms with van der Waals surface area (Å²) in [6.45, 7) is 6.82. The predicted octanol–water partition coefficient (Wildman–Crippen LogP) is 2.08. The molecule has 10 unspecified atom stereocenters. The minimum atomic E-state index is -4.70. The third kappa shape index (κ3) is 13.3. The average Bonchev–Trinajstić information content (AvgIpc) is 3.33. The zero-order valence-electron chi connectivity index (χ0n) is 41.9. The van der Waals surface area contributed by atoms with E-state index in [9.17, 15) is 63.3 Å². The van der Waals surface area contributed by atoms with E-state index in [1.165, 1.54) is 52.1 Å². The van der Waals surface area contributed by atoms with Gasteiger partial charge in [0.25, 0.3) is 0 Å². The van der Waals surface area contributed by atoms with Crippen molar-refractivity contribution in [2.24, 2.45) is 17.8 Å². The first-order valence-corrected chi connectivity index (χ1v) is 26.1.